The van der Waals surface area contributed by atoms with Gasteiger partial charge in [0.25, 0.3) is 0 Å². The van der Waals surface area contributed by atoms with Crippen LogP contribution in [0, 0.1) is 0 Å². The molecule has 2 heterocycles. The lowest BCUT2D eigenvalue weighted by Gasteiger charge is -2.37. The van der Waals surface area contributed by atoms with E-state index in [-0.39, 0.29) is 6.61 Å². The molecule has 1 atom stereocenters. The van der Waals surface area contributed by atoms with Crippen LogP contribution < -0.4 is 15.4 Å². The molecule has 1 aliphatic rings. The highest BCUT2D eigenvalue weighted by Crippen LogP contribution is 2.32. The molecule has 1 saturated heterocycles. The highest BCUT2D eigenvalue weighted by molar-refractivity contribution is 5.68. The number of hydrogen-bond acceptors (Lipinski definition) is 6. The molecule has 0 bridgehead atoms. The van der Waals surface area contributed by atoms with Gasteiger partial charge in [-0.2, -0.15) is 4.98 Å². The summed E-state index contributed by atoms with van der Waals surface area (Å²) in [4.78, 5) is 10.4. The molecule has 0 aromatic carbocycles. The van der Waals surface area contributed by atoms with Crippen LogP contribution in [0.5, 0.6) is 5.88 Å². The molecular formula is C12H20N4O2. The van der Waals surface area contributed by atoms with Gasteiger partial charge in [-0.1, -0.05) is 0 Å². The maximum absolute atomic E-state index is 9.14. The third kappa shape index (κ3) is 2.48. The highest BCUT2D eigenvalue weighted by atomic mass is 16.5. The Morgan fingerprint density at radius 3 is 3.06 bits per heavy atom. The molecule has 1 aliphatic heterocycles. The Morgan fingerprint density at radius 1 is 1.50 bits per heavy atom. The van der Waals surface area contributed by atoms with Crippen LogP contribution in [0.25, 0.3) is 0 Å². The van der Waals surface area contributed by atoms with Crippen LogP contribution in [0.4, 0.5) is 11.5 Å². The van der Waals surface area contributed by atoms with Crippen molar-refractivity contribution < 1.29 is 9.84 Å². The quantitative estimate of drug-likeness (QED) is 0.825. The van der Waals surface area contributed by atoms with Crippen molar-refractivity contribution in [1.29, 1.82) is 0 Å². The third-order valence-corrected chi connectivity index (χ3v) is 3.38. The van der Waals surface area contributed by atoms with Crippen molar-refractivity contribution in [3.05, 3.63) is 6.33 Å². The normalized spacial score (nSPS) is 19.9. The van der Waals surface area contributed by atoms with Gasteiger partial charge in [-0.15, -0.1) is 0 Å². The van der Waals surface area contributed by atoms with Crippen molar-refractivity contribution in [2.24, 2.45) is 0 Å². The molecule has 100 valence electrons. The molecule has 1 aromatic rings. The number of aromatic nitrogens is 2. The summed E-state index contributed by atoms with van der Waals surface area (Å²) in [6.45, 7) is 1.10. The van der Waals surface area contributed by atoms with Gasteiger partial charge in [0.2, 0.25) is 5.88 Å². The molecule has 0 aliphatic carbocycles. The topological polar surface area (TPSA) is 84.5 Å². The maximum atomic E-state index is 9.14. The minimum absolute atomic E-state index is 0.184. The highest BCUT2D eigenvalue weighted by Gasteiger charge is 2.25. The second kappa shape index (κ2) is 5.86. The molecule has 3 N–H and O–H groups in total. The van der Waals surface area contributed by atoms with Gasteiger partial charge in [0.1, 0.15) is 12.0 Å². The van der Waals surface area contributed by atoms with E-state index in [0.717, 1.165) is 31.6 Å². The first-order chi connectivity index (χ1) is 8.77. The van der Waals surface area contributed by atoms with Gasteiger partial charge < -0.3 is 20.5 Å². The molecule has 0 spiro atoms. The molecule has 6 nitrogen and oxygen atoms in total. The molecule has 18 heavy (non-hydrogen) atoms. The Hall–Kier alpha value is -1.56. The number of aliphatic hydroxyl groups excluding tert-OH is 1. The van der Waals surface area contributed by atoms with E-state index in [2.05, 4.69) is 14.9 Å². The second-order valence-electron chi connectivity index (χ2n) is 4.48. The standard InChI is InChI=1S/C12H20N4O2/c1-18-12-10(13)11(14-8-15-12)16-6-3-2-4-9(16)5-7-17/h8-9,17H,2-7,13H2,1H3. The number of aliphatic hydroxyl groups is 1. The Kier molecular flexibility index (Phi) is 4.19. The van der Waals surface area contributed by atoms with E-state index in [1.54, 1.807) is 7.11 Å². The number of nitrogens with zero attached hydrogens (tertiary/aromatic N) is 3. The van der Waals surface area contributed by atoms with Crippen molar-refractivity contribution in [2.45, 2.75) is 31.7 Å². The zero-order valence-electron chi connectivity index (χ0n) is 10.7. The largest absolute Gasteiger partial charge is 0.479 e. The number of methoxy groups -OCH3 is 1. The first-order valence-electron chi connectivity index (χ1n) is 6.30. The minimum atomic E-state index is 0.184. The van der Waals surface area contributed by atoms with E-state index < -0.39 is 0 Å². The number of anilines is 2. The Labute approximate surface area is 107 Å². The predicted molar refractivity (Wildman–Crippen MR) is 69.7 cm³/mol. The van der Waals surface area contributed by atoms with Crippen LogP contribution in [0.2, 0.25) is 0 Å². The molecular weight excluding hydrogens is 232 g/mol. The Bertz CT molecular complexity index is 398. The van der Waals surface area contributed by atoms with Crippen molar-refractivity contribution in [3.8, 4) is 5.88 Å². The van der Waals surface area contributed by atoms with Gasteiger partial charge in [0, 0.05) is 19.2 Å². The van der Waals surface area contributed by atoms with Crippen molar-refractivity contribution >= 4 is 11.5 Å². The number of nitrogens with two attached hydrogens (primary N) is 1. The summed E-state index contributed by atoms with van der Waals surface area (Å²) in [5.41, 5.74) is 6.51. The van der Waals surface area contributed by atoms with Crippen molar-refractivity contribution in [3.63, 3.8) is 0 Å². The van der Waals surface area contributed by atoms with Gasteiger partial charge in [0.05, 0.1) is 7.11 Å². The molecule has 2 rings (SSSR count). The van der Waals surface area contributed by atoms with Gasteiger partial charge >= 0.3 is 0 Å². The van der Waals surface area contributed by atoms with Crippen LogP contribution >= 0.6 is 0 Å². The van der Waals surface area contributed by atoms with E-state index in [4.69, 9.17) is 15.6 Å². The van der Waals surface area contributed by atoms with Gasteiger partial charge in [0.15, 0.2) is 5.82 Å². The lowest BCUT2D eigenvalue weighted by atomic mass is 9.99. The average Bonchev–Trinajstić information content (AvgIpc) is 2.40. The summed E-state index contributed by atoms with van der Waals surface area (Å²) in [5, 5.41) is 9.14. The fourth-order valence-electron chi connectivity index (χ4n) is 2.49. The van der Waals surface area contributed by atoms with E-state index in [9.17, 15) is 0 Å². The first-order valence-corrected chi connectivity index (χ1v) is 6.30. The summed E-state index contributed by atoms with van der Waals surface area (Å²) in [6.07, 6.45) is 5.57. The van der Waals surface area contributed by atoms with Crippen LogP contribution in [0.3, 0.4) is 0 Å². The molecule has 0 saturated carbocycles. The molecule has 6 heteroatoms. The summed E-state index contributed by atoms with van der Waals surface area (Å²) < 4.78 is 5.12. The smallest absolute Gasteiger partial charge is 0.242 e. The number of piperidine rings is 1. The predicted octanol–water partition coefficient (Wildman–Crippen LogP) is 0.809. The third-order valence-electron chi connectivity index (χ3n) is 3.38. The number of rotatable bonds is 4. The van der Waals surface area contributed by atoms with E-state index in [1.165, 1.54) is 12.7 Å². The lowest BCUT2D eigenvalue weighted by molar-refractivity contribution is 0.262. The van der Waals surface area contributed by atoms with Gasteiger partial charge in [-0.25, -0.2) is 4.98 Å². The number of ether oxygens (including phenoxy) is 1. The lowest BCUT2D eigenvalue weighted by Crippen LogP contribution is -2.41. The zero-order chi connectivity index (χ0) is 13.0. The molecule has 0 amide bonds. The monoisotopic (exact) mass is 252 g/mol. The summed E-state index contributed by atoms with van der Waals surface area (Å²) in [5.74, 6) is 1.13. The number of nitrogen functional groups attached to an aromatic ring is 1. The van der Waals surface area contributed by atoms with Crippen LogP contribution in [0.1, 0.15) is 25.7 Å². The second-order valence-corrected chi connectivity index (χ2v) is 4.48. The minimum Gasteiger partial charge on any atom is -0.479 e. The summed E-state index contributed by atoms with van der Waals surface area (Å²) in [6, 6.07) is 0.297. The molecule has 0 radical (unpaired) electrons. The van der Waals surface area contributed by atoms with Crippen LogP contribution in [-0.2, 0) is 0 Å². The average molecular weight is 252 g/mol. The zero-order valence-corrected chi connectivity index (χ0v) is 10.7. The van der Waals surface area contributed by atoms with Crippen molar-refractivity contribution in [1.82, 2.24) is 9.97 Å². The van der Waals surface area contributed by atoms with Crippen molar-refractivity contribution in [2.75, 3.05) is 30.9 Å². The Balaban J connectivity index is 2.27. The van der Waals surface area contributed by atoms with E-state index in [1.807, 2.05) is 0 Å². The van der Waals surface area contributed by atoms with E-state index in [0.29, 0.717) is 17.6 Å². The van der Waals surface area contributed by atoms with Gasteiger partial charge in [-0.05, 0) is 25.7 Å². The number of hydrogen-bond donors (Lipinski definition) is 2. The SMILES string of the molecule is COc1ncnc(N2CCCCC2CCO)c1N. The fourth-order valence-corrected chi connectivity index (χ4v) is 2.49. The van der Waals surface area contributed by atoms with Gasteiger partial charge in [-0.3, -0.25) is 0 Å². The maximum Gasteiger partial charge on any atom is 0.242 e. The summed E-state index contributed by atoms with van der Waals surface area (Å²) >= 11 is 0. The fraction of sp³-hybridized carbons (Fsp3) is 0.667. The van der Waals surface area contributed by atoms with Crippen LogP contribution in [-0.4, -0.2) is 41.4 Å². The summed E-state index contributed by atoms with van der Waals surface area (Å²) in [7, 11) is 1.55. The van der Waals surface area contributed by atoms with Crippen LogP contribution in [0.15, 0.2) is 6.33 Å². The molecule has 1 fully saturated rings. The molecule has 1 aromatic heterocycles. The first kappa shape index (κ1) is 12.9. The van der Waals surface area contributed by atoms with E-state index >= 15 is 0 Å². The molecule has 1 unspecified atom stereocenters. The Morgan fingerprint density at radius 2 is 2.33 bits per heavy atom.